The molecule has 96 valence electrons. The second-order valence-electron chi connectivity index (χ2n) is 3.98. The summed E-state index contributed by atoms with van der Waals surface area (Å²) in [5.74, 6) is 0. The van der Waals surface area contributed by atoms with Crippen LogP contribution in [0.5, 0.6) is 0 Å². The molecule has 1 rings (SSSR count). The minimum atomic E-state index is -1.73. The van der Waals surface area contributed by atoms with E-state index in [0.29, 0.717) is 6.61 Å². The van der Waals surface area contributed by atoms with Gasteiger partial charge < -0.3 is 35.4 Å². The highest BCUT2D eigenvalue weighted by Gasteiger charge is 2.36. The van der Waals surface area contributed by atoms with Gasteiger partial charge in [0.25, 0.3) is 0 Å². The molecule has 0 aliphatic carbocycles. The van der Waals surface area contributed by atoms with Crippen LogP contribution in [-0.2, 0) is 4.74 Å². The first-order valence-corrected chi connectivity index (χ1v) is 5.10. The van der Waals surface area contributed by atoms with Gasteiger partial charge in [0.1, 0.15) is 24.4 Å². The van der Waals surface area contributed by atoms with E-state index in [-0.39, 0.29) is 12.5 Å². The predicted molar refractivity (Wildman–Crippen MR) is 51.5 cm³/mol. The molecule has 0 radical (unpaired) electrons. The minimum absolute atomic E-state index is 0.128. The average molecular weight is 238 g/mol. The lowest BCUT2D eigenvalue weighted by atomic mass is 9.97. The van der Waals surface area contributed by atoms with Crippen molar-refractivity contribution in [1.29, 1.82) is 0 Å². The van der Waals surface area contributed by atoms with Gasteiger partial charge in [-0.1, -0.05) is 0 Å². The van der Waals surface area contributed by atoms with E-state index in [1.165, 1.54) is 0 Å². The highest BCUT2D eigenvalue weighted by Crippen LogP contribution is 2.19. The summed E-state index contributed by atoms with van der Waals surface area (Å²) in [5, 5.41) is 55.2. The van der Waals surface area contributed by atoms with Crippen LogP contribution in [0.4, 0.5) is 0 Å². The molecule has 1 heterocycles. The number of aliphatic hydroxyl groups is 6. The maximum Gasteiger partial charge on any atom is 0.111 e. The Morgan fingerprint density at radius 2 is 1.44 bits per heavy atom. The van der Waals surface area contributed by atoms with Gasteiger partial charge in [0, 0.05) is 6.42 Å². The molecule has 1 aliphatic heterocycles. The van der Waals surface area contributed by atoms with Crippen LogP contribution in [0.15, 0.2) is 0 Å². The molecule has 0 aromatic heterocycles. The molecule has 1 fully saturated rings. The summed E-state index contributed by atoms with van der Waals surface area (Å²) < 4.78 is 4.83. The van der Waals surface area contributed by atoms with Gasteiger partial charge >= 0.3 is 0 Å². The molecule has 16 heavy (non-hydrogen) atoms. The van der Waals surface area contributed by atoms with E-state index in [1.54, 1.807) is 0 Å². The van der Waals surface area contributed by atoms with Crippen molar-refractivity contribution in [2.45, 2.75) is 43.0 Å². The van der Waals surface area contributed by atoms with E-state index in [9.17, 15) is 20.4 Å². The average Bonchev–Trinajstić information content (AvgIpc) is 3.08. The van der Waals surface area contributed by atoms with Crippen molar-refractivity contribution >= 4 is 0 Å². The normalized spacial score (nSPS) is 29.2. The maximum absolute atomic E-state index is 9.47. The molecule has 0 aromatic carbocycles. The van der Waals surface area contributed by atoms with E-state index < -0.39 is 37.1 Å². The third kappa shape index (κ3) is 3.63. The highest BCUT2D eigenvalue weighted by atomic mass is 16.6. The Morgan fingerprint density at radius 1 is 0.938 bits per heavy atom. The van der Waals surface area contributed by atoms with Gasteiger partial charge in [0.15, 0.2) is 0 Å². The summed E-state index contributed by atoms with van der Waals surface area (Å²) in [6.07, 6.45) is -7.82. The molecular formula is C9H18O7. The molecule has 0 amide bonds. The fourth-order valence-electron chi connectivity index (χ4n) is 1.38. The van der Waals surface area contributed by atoms with Gasteiger partial charge in [-0.05, 0) is 0 Å². The molecule has 6 atom stereocenters. The van der Waals surface area contributed by atoms with Gasteiger partial charge in [0.2, 0.25) is 0 Å². The zero-order valence-electron chi connectivity index (χ0n) is 8.68. The fraction of sp³-hybridized carbons (Fsp3) is 1.00. The standard InChI is InChI=1S/C9H18O7/c10-2-6(12)8(14)9(15)7(13)5(11)1-4-3-16-4/h4-15H,1-3H2/t4?,5?,6-,7-,8-,9-/m1/s1. The molecule has 1 saturated heterocycles. The van der Waals surface area contributed by atoms with Crippen LogP contribution in [0.2, 0.25) is 0 Å². The molecule has 0 saturated carbocycles. The largest absolute Gasteiger partial charge is 0.394 e. The van der Waals surface area contributed by atoms with Crippen LogP contribution in [0, 0.1) is 0 Å². The second-order valence-corrected chi connectivity index (χ2v) is 3.98. The quantitative estimate of drug-likeness (QED) is 0.254. The Hall–Kier alpha value is -0.280. The van der Waals surface area contributed by atoms with Gasteiger partial charge in [-0.3, -0.25) is 0 Å². The Bertz CT molecular complexity index is 208. The van der Waals surface area contributed by atoms with Crippen LogP contribution in [0.1, 0.15) is 6.42 Å². The van der Waals surface area contributed by atoms with E-state index >= 15 is 0 Å². The lowest BCUT2D eigenvalue weighted by Crippen LogP contribution is -2.50. The topological polar surface area (TPSA) is 134 Å². The van der Waals surface area contributed by atoms with Gasteiger partial charge in [-0.15, -0.1) is 0 Å². The van der Waals surface area contributed by atoms with Gasteiger partial charge in [-0.2, -0.15) is 0 Å². The molecular weight excluding hydrogens is 220 g/mol. The van der Waals surface area contributed by atoms with Gasteiger partial charge in [0.05, 0.1) is 25.4 Å². The predicted octanol–water partition coefficient (Wildman–Crippen LogP) is -3.43. The highest BCUT2D eigenvalue weighted by molar-refractivity contribution is 4.87. The van der Waals surface area contributed by atoms with E-state index in [4.69, 9.17) is 14.9 Å². The van der Waals surface area contributed by atoms with Crippen molar-refractivity contribution in [2.24, 2.45) is 0 Å². The maximum atomic E-state index is 9.47. The third-order valence-electron chi connectivity index (χ3n) is 2.58. The number of epoxide rings is 1. The van der Waals surface area contributed by atoms with Crippen molar-refractivity contribution in [3.63, 3.8) is 0 Å². The molecule has 6 N–H and O–H groups in total. The molecule has 0 spiro atoms. The van der Waals surface area contributed by atoms with Crippen molar-refractivity contribution in [3.05, 3.63) is 0 Å². The summed E-state index contributed by atoms with van der Waals surface area (Å²) in [6, 6.07) is 0. The molecule has 0 aromatic rings. The van der Waals surface area contributed by atoms with Crippen LogP contribution < -0.4 is 0 Å². The second kappa shape index (κ2) is 5.87. The molecule has 2 unspecified atom stereocenters. The smallest absolute Gasteiger partial charge is 0.111 e. The zero-order valence-corrected chi connectivity index (χ0v) is 8.68. The van der Waals surface area contributed by atoms with Crippen molar-refractivity contribution < 1.29 is 35.4 Å². The fourth-order valence-corrected chi connectivity index (χ4v) is 1.38. The number of hydrogen-bond donors (Lipinski definition) is 6. The SMILES string of the molecule is OC[C@@H](O)[C@@H](O)[C@H](O)[C@H](O)C(O)CC1CO1. The summed E-state index contributed by atoms with van der Waals surface area (Å²) in [7, 11) is 0. The lowest BCUT2D eigenvalue weighted by molar-refractivity contribution is -0.141. The summed E-state index contributed by atoms with van der Waals surface area (Å²) in [4.78, 5) is 0. The van der Waals surface area contributed by atoms with Gasteiger partial charge in [-0.25, -0.2) is 0 Å². The molecule has 0 bridgehead atoms. The van der Waals surface area contributed by atoms with Crippen molar-refractivity contribution in [1.82, 2.24) is 0 Å². The number of rotatable bonds is 7. The summed E-state index contributed by atoms with van der Waals surface area (Å²) in [5.41, 5.74) is 0. The first-order chi connectivity index (χ1) is 7.47. The molecule has 7 nitrogen and oxygen atoms in total. The Kier molecular flexibility index (Phi) is 5.06. The minimum Gasteiger partial charge on any atom is -0.394 e. The number of ether oxygens (including phenoxy) is 1. The molecule has 1 aliphatic rings. The van der Waals surface area contributed by atoms with Crippen molar-refractivity contribution in [3.8, 4) is 0 Å². The van der Waals surface area contributed by atoms with Crippen molar-refractivity contribution in [2.75, 3.05) is 13.2 Å². The first kappa shape index (κ1) is 13.8. The van der Waals surface area contributed by atoms with E-state index in [2.05, 4.69) is 0 Å². The Morgan fingerprint density at radius 3 is 1.88 bits per heavy atom. The molecule has 7 heteroatoms. The zero-order chi connectivity index (χ0) is 12.3. The van der Waals surface area contributed by atoms with Crippen LogP contribution in [0.25, 0.3) is 0 Å². The number of hydrogen-bond acceptors (Lipinski definition) is 7. The summed E-state index contributed by atoms with van der Waals surface area (Å²) >= 11 is 0. The van der Waals surface area contributed by atoms with Crippen LogP contribution in [-0.4, -0.2) is 80.5 Å². The third-order valence-corrected chi connectivity index (χ3v) is 2.58. The Labute approximate surface area is 92.5 Å². The van der Waals surface area contributed by atoms with E-state index in [1.807, 2.05) is 0 Å². The van der Waals surface area contributed by atoms with Crippen LogP contribution >= 0.6 is 0 Å². The van der Waals surface area contributed by atoms with E-state index in [0.717, 1.165) is 0 Å². The van der Waals surface area contributed by atoms with Crippen LogP contribution in [0.3, 0.4) is 0 Å². The Balaban J connectivity index is 2.40. The summed E-state index contributed by atoms with van der Waals surface area (Å²) in [6.45, 7) is -0.242. The monoisotopic (exact) mass is 238 g/mol. The lowest BCUT2D eigenvalue weighted by Gasteiger charge is -2.28. The first-order valence-electron chi connectivity index (χ1n) is 5.10. The number of aliphatic hydroxyl groups excluding tert-OH is 6.